The van der Waals surface area contributed by atoms with Crippen molar-refractivity contribution in [1.82, 2.24) is 5.32 Å². The lowest BCUT2D eigenvalue weighted by Gasteiger charge is -2.01. The van der Waals surface area contributed by atoms with Gasteiger partial charge in [-0.25, -0.2) is 4.79 Å². The van der Waals surface area contributed by atoms with E-state index in [4.69, 9.17) is 5.11 Å². The van der Waals surface area contributed by atoms with Crippen molar-refractivity contribution >= 4 is 28.6 Å². The van der Waals surface area contributed by atoms with Crippen LogP contribution in [0.25, 0.3) is 0 Å². The first-order chi connectivity index (χ1) is 8.16. The normalized spacial score (nSPS) is 10.6. The molecule has 0 spiro atoms. The Morgan fingerprint density at radius 3 is 2.82 bits per heavy atom. The van der Waals surface area contributed by atoms with Crippen molar-refractivity contribution in [3.63, 3.8) is 0 Å². The summed E-state index contributed by atoms with van der Waals surface area (Å²) in [6, 6.07) is 3.83. The number of aromatic carboxylic acids is 1. The van der Waals surface area contributed by atoms with Crippen LogP contribution in [0.4, 0.5) is 0 Å². The molecule has 0 atom stereocenters. The maximum absolute atomic E-state index is 10.7. The summed E-state index contributed by atoms with van der Waals surface area (Å²) in [7, 11) is 0. The van der Waals surface area contributed by atoms with Crippen LogP contribution in [0.2, 0.25) is 0 Å². The molecule has 0 radical (unpaired) electrons. The second-order valence-corrected chi connectivity index (χ2v) is 5.73. The predicted octanol–water partition coefficient (Wildman–Crippen LogP) is 3.11. The summed E-state index contributed by atoms with van der Waals surface area (Å²) in [5.41, 5.74) is 1.68. The Morgan fingerprint density at radius 2 is 2.24 bits per heavy atom. The summed E-state index contributed by atoms with van der Waals surface area (Å²) < 4.78 is 0. The topological polar surface area (TPSA) is 49.3 Å². The largest absolute Gasteiger partial charge is 0.478 e. The minimum atomic E-state index is -0.860. The highest BCUT2D eigenvalue weighted by atomic mass is 32.1. The molecule has 0 saturated heterocycles. The average molecular weight is 267 g/mol. The highest BCUT2D eigenvalue weighted by molar-refractivity contribution is 7.10. The van der Waals surface area contributed by atoms with E-state index in [1.54, 1.807) is 22.8 Å². The van der Waals surface area contributed by atoms with Crippen LogP contribution in [0.1, 0.15) is 25.7 Å². The lowest BCUT2D eigenvalue weighted by atomic mass is 10.3. The van der Waals surface area contributed by atoms with Crippen LogP contribution in [-0.4, -0.2) is 11.1 Å². The fraction of sp³-hybridized carbons (Fsp3) is 0.250. The number of carboxylic acid groups (broad SMARTS) is 1. The molecule has 0 aromatic carbocycles. The molecule has 0 aliphatic carbocycles. The lowest BCUT2D eigenvalue weighted by molar-refractivity contribution is 0.0697. The molecule has 2 aromatic rings. The van der Waals surface area contributed by atoms with Gasteiger partial charge in [0.05, 0.1) is 5.56 Å². The van der Waals surface area contributed by atoms with Gasteiger partial charge in [-0.15, -0.1) is 22.7 Å². The first-order valence-corrected chi connectivity index (χ1v) is 6.97. The number of thiophene rings is 2. The lowest BCUT2D eigenvalue weighted by Crippen LogP contribution is -2.11. The average Bonchev–Trinajstić information content (AvgIpc) is 2.89. The van der Waals surface area contributed by atoms with Gasteiger partial charge in [-0.1, -0.05) is 0 Å². The molecule has 17 heavy (non-hydrogen) atoms. The SMILES string of the molecule is Cc1ccsc1CNCc1cc(C(=O)O)cs1. The van der Waals surface area contributed by atoms with E-state index in [-0.39, 0.29) is 0 Å². The molecule has 3 nitrogen and oxygen atoms in total. The smallest absolute Gasteiger partial charge is 0.336 e. The van der Waals surface area contributed by atoms with Gasteiger partial charge in [0.2, 0.25) is 0 Å². The van der Waals surface area contributed by atoms with E-state index in [9.17, 15) is 4.79 Å². The van der Waals surface area contributed by atoms with Crippen LogP contribution in [0.3, 0.4) is 0 Å². The Balaban J connectivity index is 1.86. The van der Waals surface area contributed by atoms with Crippen molar-refractivity contribution in [3.05, 3.63) is 43.8 Å². The fourth-order valence-electron chi connectivity index (χ4n) is 1.47. The molecular weight excluding hydrogens is 254 g/mol. The van der Waals surface area contributed by atoms with Gasteiger partial charge in [0, 0.05) is 28.2 Å². The number of rotatable bonds is 5. The van der Waals surface area contributed by atoms with Crippen molar-refractivity contribution in [2.45, 2.75) is 20.0 Å². The number of hydrogen-bond acceptors (Lipinski definition) is 4. The number of hydrogen-bond donors (Lipinski definition) is 2. The summed E-state index contributed by atoms with van der Waals surface area (Å²) in [4.78, 5) is 13.1. The zero-order valence-corrected chi connectivity index (χ0v) is 11.0. The van der Waals surface area contributed by atoms with Crippen LogP contribution < -0.4 is 5.32 Å². The van der Waals surface area contributed by atoms with E-state index in [1.165, 1.54) is 21.8 Å². The van der Waals surface area contributed by atoms with Crippen molar-refractivity contribution in [3.8, 4) is 0 Å². The molecule has 0 amide bonds. The van der Waals surface area contributed by atoms with Gasteiger partial charge in [-0.05, 0) is 30.0 Å². The molecular formula is C12H13NO2S2. The summed E-state index contributed by atoms with van der Waals surface area (Å²) in [5, 5.41) is 15.9. The predicted molar refractivity (Wildman–Crippen MR) is 70.9 cm³/mol. The third kappa shape index (κ3) is 3.15. The molecule has 5 heteroatoms. The maximum Gasteiger partial charge on any atom is 0.336 e. The van der Waals surface area contributed by atoms with E-state index in [0.29, 0.717) is 5.56 Å². The van der Waals surface area contributed by atoms with Crippen LogP contribution >= 0.6 is 22.7 Å². The Morgan fingerprint density at radius 1 is 1.41 bits per heavy atom. The standard InChI is InChI=1S/C12H13NO2S2/c1-8-2-3-16-11(8)6-13-5-10-4-9(7-17-10)12(14)15/h2-4,7,13H,5-6H2,1H3,(H,14,15). The summed E-state index contributed by atoms with van der Waals surface area (Å²) in [5.74, 6) is -0.860. The van der Waals surface area contributed by atoms with Gasteiger partial charge >= 0.3 is 5.97 Å². The van der Waals surface area contributed by atoms with Gasteiger partial charge in [0.1, 0.15) is 0 Å². The maximum atomic E-state index is 10.7. The highest BCUT2D eigenvalue weighted by Crippen LogP contribution is 2.17. The van der Waals surface area contributed by atoms with E-state index in [2.05, 4.69) is 23.7 Å². The Labute approximate surface area is 108 Å². The summed E-state index contributed by atoms with van der Waals surface area (Å²) in [6.45, 7) is 3.65. The Hall–Kier alpha value is -1.17. The fourth-order valence-corrected chi connectivity index (χ4v) is 3.17. The van der Waals surface area contributed by atoms with Gasteiger partial charge in [-0.2, -0.15) is 0 Å². The van der Waals surface area contributed by atoms with Gasteiger partial charge in [-0.3, -0.25) is 0 Å². The molecule has 2 aromatic heterocycles. The molecule has 2 heterocycles. The molecule has 0 saturated carbocycles. The van der Waals surface area contributed by atoms with E-state index >= 15 is 0 Å². The monoisotopic (exact) mass is 267 g/mol. The van der Waals surface area contributed by atoms with Gasteiger partial charge in [0.15, 0.2) is 0 Å². The number of aryl methyl sites for hydroxylation is 1. The van der Waals surface area contributed by atoms with Crippen LogP contribution in [0, 0.1) is 6.92 Å². The number of carboxylic acids is 1. The van der Waals surface area contributed by atoms with Crippen molar-refractivity contribution in [2.24, 2.45) is 0 Å². The second-order valence-electron chi connectivity index (χ2n) is 3.74. The quantitative estimate of drug-likeness (QED) is 0.875. The number of carbonyl (C=O) groups is 1. The van der Waals surface area contributed by atoms with Crippen molar-refractivity contribution < 1.29 is 9.90 Å². The minimum Gasteiger partial charge on any atom is -0.478 e. The third-order valence-corrected chi connectivity index (χ3v) is 4.41. The van der Waals surface area contributed by atoms with E-state index in [1.807, 2.05) is 0 Å². The van der Waals surface area contributed by atoms with Crippen molar-refractivity contribution in [1.29, 1.82) is 0 Å². The highest BCUT2D eigenvalue weighted by Gasteiger charge is 2.06. The van der Waals surface area contributed by atoms with E-state index < -0.39 is 5.97 Å². The third-order valence-electron chi connectivity index (χ3n) is 2.45. The zero-order valence-electron chi connectivity index (χ0n) is 9.40. The molecule has 0 aliphatic heterocycles. The van der Waals surface area contributed by atoms with E-state index in [0.717, 1.165) is 18.0 Å². The Bertz CT molecular complexity index is 516. The van der Waals surface area contributed by atoms with Crippen LogP contribution in [-0.2, 0) is 13.1 Å². The summed E-state index contributed by atoms with van der Waals surface area (Å²) in [6.07, 6.45) is 0. The molecule has 0 aliphatic rings. The zero-order chi connectivity index (χ0) is 12.3. The first kappa shape index (κ1) is 12.3. The molecule has 0 fully saturated rings. The molecule has 0 unspecified atom stereocenters. The van der Waals surface area contributed by atoms with Gasteiger partial charge < -0.3 is 10.4 Å². The second kappa shape index (κ2) is 5.44. The molecule has 0 bridgehead atoms. The molecule has 2 rings (SSSR count). The van der Waals surface area contributed by atoms with Crippen molar-refractivity contribution in [2.75, 3.05) is 0 Å². The van der Waals surface area contributed by atoms with Crippen LogP contribution in [0.5, 0.6) is 0 Å². The first-order valence-electron chi connectivity index (χ1n) is 5.21. The molecule has 2 N–H and O–H groups in total. The number of nitrogens with one attached hydrogen (secondary N) is 1. The van der Waals surface area contributed by atoms with Crippen LogP contribution in [0.15, 0.2) is 22.9 Å². The summed E-state index contributed by atoms with van der Waals surface area (Å²) >= 11 is 3.22. The Kier molecular flexibility index (Phi) is 3.93. The van der Waals surface area contributed by atoms with Gasteiger partial charge in [0.25, 0.3) is 0 Å². The molecule has 90 valence electrons. The minimum absolute atomic E-state index is 0.374.